The van der Waals surface area contributed by atoms with Crippen LogP contribution >= 0.6 is 0 Å². The van der Waals surface area contributed by atoms with Crippen molar-refractivity contribution in [1.82, 2.24) is 20.3 Å². The van der Waals surface area contributed by atoms with Crippen molar-refractivity contribution in [1.29, 1.82) is 0 Å². The van der Waals surface area contributed by atoms with Crippen LogP contribution in [0.1, 0.15) is 70.7 Å². The Kier molecular flexibility index (Phi) is 5.90. The van der Waals surface area contributed by atoms with Crippen molar-refractivity contribution < 1.29 is 14.1 Å². The summed E-state index contributed by atoms with van der Waals surface area (Å²) >= 11 is 0. The Hall–Kier alpha value is -2.67. The highest BCUT2D eigenvalue weighted by Gasteiger charge is 2.32. The summed E-state index contributed by atoms with van der Waals surface area (Å²) in [6, 6.07) is 9.68. The van der Waals surface area contributed by atoms with Gasteiger partial charge >= 0.3 is 0 Å². The number of nitrogens with one attached hydrogen (secondary N) is 1. The van der Waals surface area contributed by atoms with Crippen LogP contribution in [0.4, 0.5) is 0 Å². The monoisotopic (exact) mass is 410 g/mol. The third-order valence-corrected chi connectivity index (χ3v) is 5.91. The van der Waals surface area contributed by atoms with E-state index in [1.807, 2.05) is 50.2 Å². The lowest BCUT2D eigenvalue weighted by atomic mass is 9.97. The Morgan fingerprint density at radius 3 is 2.57 bits per heavy atom. The molecule has 2 aliphatic rings. The van der Waals surface area contributed by atoms with Crippen LogP contribution in [-0.2, 0) is 6.54 Å². The summed E-state index contributed by atoms with van der Waals surface area (Å²) in [5.74, 6) is 1.10. The summed E-state index contributed by atoms with van der Waals surface area (Å²) in [4.78, 5) is 29.5. The largest absolute Gasteiger partial charge is 0.360 e. The number of benzene rings is 1. The fourth-order valence-corrected chi connectivity index (χ4v) is 4.10. The molecule has 1 aromatic carbocycles. The molecule has 2 atom stereocenters. The van der Waals surface area contributed by atoms with Crippen LogP contribution in [0.25, 0.3) is 0 Å². The van der Waals surface area contributed by atoms with Crippen LogP contribution in [0, 0.1) is 0 Å². The van der Waals surface area contributed by atoms with E-state index < -0.39 is 0 Å². The average Bonchev–Trinajstić information content (AvgIpc) is 3.44. The molecule has 30 heavy (non-hydrogen) atoms. The van der Waals surface area contributed by atoms with Crippen LogP contribution < -0.4 is 5.32 Å². The van der Waals surface area contributed by atoms with Gasteiger partial charge in [0.05, 0.1) is 0 Å². The minimum atomic E-state index is -0.195. The molecule has 1 saturated heterocycles. The maximum atomic E-state index is 13.0. The minimum Gasteiger partial charge on any atom is -0.360 e. The number of amides is 2. The maximum absolute atomic E-state index is 13.0. The van der Waals surface area contributed by atoms with Crippen LogP contribution in [0.5, 0.6) is 0 Å². The van der Waals surface area contributed by atoms with Crippen LogP contribution in [0.15, 0.2) is 34.9 Å². The average molecular weight is 411 g/mol. The Labute approximate surface area is 177 Å². The molecule has 0 spiro atoms. The predicted octanol–water partition coefficient (Wildman–Crippen LogP) is 3.04. The number of piperidine rings is 1. The number of nitrogens with zero attached hydrogens (tertiary/aromatic N) is 3. The van der Waals surface area contributed by atoms with Gasteiger partial charge in [0.15, 0.2) is 5.69 Å². The maximum Gasteiger partial charge on any atom is 0.273 e. The fraction of sp³-hybridized carbons (Fsp3) is 0.522. The molecule has 1 aliphatic carbocycles. The van der Waals surface area contributed by atoms with E-state index in [-0.39, 0.29) is 23.9 Å². The highest BCUT2D eigenvalue weighted by molar-refractivity contribution is 5.95. The van der Waals surface area contributed by atoms with Gasteiger partial charge in [0.25, 0.3) is 11.8 Å². The van der Waals surface area contributed by atoms with Gasteiger partial charge in [-0.15, -0.1) is 0 Å². The number of aromatic nitrogens is 1. The van der Waals surface area contributed by atoms with E-state index in [9.17, 15) is 9.59 Å². The smallest absolute Gasteiger partial charge is 0.273 e. The Balaban J connectivity index is 1.31. The molecular weight excluding hydrogens is 380 g/mol. The number of hydrogen-bond acceptors (Lipinski definition) is 5. The van der Waals surface area contributed by atoms with Gasteiger partial charge in [0.2, 0.25) is 0 Å². The topological polar surface area (TPSA) is 78.7 Å². The molecule has 0 radical (unpaired) electrons. The third-order valence-electron chi connectivity index (χ3n) is 5.91. The SMILES string of the molecule is C[C@@H]1C[C@H](NC(=O)c2cc(C3CC3)on2)CCN1C(=O)c1ccc(CN(C)C)cc1. The molecule has 0 bridgehead atoms. The zero-order valence-corrected chi connectivity index (χ0v) is 17.9. The van der Waals surface area contributed by atoms with Gasteiger partial charge in [0.1, 0.15) is 5.76 Å². The number of carbonyl (C=O) groups is 2. The lowest BCUT2D eigenvalue weighted by Gasteiger charge is -2.38. The van der Waals surface area contributed by atoms with Gasteiger partial charge in [-0.3, -0.25) is 9.59 Å². The molecule has 1 saturated carbocycles. The molecule has 1 aromatic heterocycles. The van der Waals surface area contributed by atoms with Crippen molar-refractivity contribution in [2.75, 3.05) is 20.6 Å². The van der Waals surface area contributed by atoms with Gasteiger partial charge < -0.3 is 19.6 Å². The first-order chi connectivity index (χ1) is 14.4. The second kappa shape index (κ2) is 8.60. The molecule has 2 heterocycles. The van der Waals surface area contributed by atoms with E-state index in [0.29, 0.717) is 23.7 Å². The summed E-state index contributed by atoms with van der Waals surface area (Å²) in [5, 5.41) is 6.97. The number of rotatable bonds is 6. The van der Waals surface area contributed by atoms with Crippen LogP contribution in [0.2, 0.25) is 0 Å². The highest BCUT2D eigenvalue weighted by atomic mass is 16.5. The first kappa shape index (κ1) is 20.6. The standard InChI is InChI=1S/C23H30N4O3/c1-15-12-19(24-22(28)20-13-21(30-25-20)17-8-9-17)10-11-27(15)23(29)18-6-4-16(5-7-18)14-26(2)3/h4-7,13,15,17,19H,8-12,14H2,1-3H3,(H,24,28)/t15-,19-/m1/s1. The second-order valence-electron chi connectivity index (χ2n) is 8.87. The van der Waals surface area contributed by atoms with Crippen molar-refractivity contribution in [2.45, 2.75) is 57.2 Å². The van der Waals surface area contributed by atoms with Crippen molar-refractivity contribution >= 4 is 11.8 Å². The molecule has 7 heteroatoms. The lowest BCUT2D eigenvalue weighted by Crippen LogP contribution is -2.51. The second-order valence-corrected chi connectivity index (χ2v) is 8.87. The predicted molar refractivity (Wildman–Crippen MR) is 113 cm³/mol. The Bertz CT molecular complexity index is 901. The number of carbonyl (C=O) groups excluding carboxylic acids is 2. The van der Waals surface area contributed by atoms with Gasteiger partial charge in [-0.05, 0) is 64.4 Å². The van der Waals surface area contributed by atoms with Gasteiger partial charge in [0, 0.05) is 42.7 Å². The van der Waals surface area contributed by atoms with E-state index in [0.717, 1.165) is 38.0 Å². The van der Waals surface area contributed by atoms with Crippen molar-refractivity contribution in [3.8, 4) is 0 Å². The van der Waals surface area contributed by atoms with E-state index >= 15 is 0 Å². The minimum absolute atomic E-state index is 0.0279. The first-order valence-electron chi connectivity index (χ1n) is 10.7. The molecule has 1 N–H and O–H groups in total. The Morgan fingerprint density at radius 2 is 1.93 bits per heavy atom. The van der Waals surface area contributed by atoms with Crippen molar-refractivity contribution in [2.24, 2.45) is 0 Å². The zero-order chi connectivity index (χ0) is 21.3. The summed E-state index contributed by atoms with van der Waals surface area (Å²) in [6.45, 7) is 3.51. The van der Waals surface area contributed by atoms with Crippen LogP contribution in [0.3, 0.4) is 0 Å². The number of likely N-dealkylation sites (tertiary alicyclic amines) is 1. The quantitative estimate of drug-likeness (QED) is 0.792. The van der Waals surface area contributed by atoms with E-state index in [1.165, 1.54) is 5.56 Å². The van der Waals surface area contributed by atoms with Gasteiger partial charge in [-0.25, -0.2) is 0 Å². The summed E-state index contributed by atoms with van der Waals surface area (Å²) in [6.07, 6.45) is 3.68. The van der Waals surface area contributed by atoms with Crippen molar-refractivity contribution in [3.63, 3.8) is 0 Å². The molecule has 2 amide bonds. The molecule has 7 nitrogen and oxygen atoms in total. The normalized spacial score (nSPS) is 21.7. The third kappa shape index (κ3) is 4.73. The lowest BCUT2D eigenvalue weighted by molar-refractivity contribution is 0.0595. The summed E-state index contributed by atoms with van der Waals surface area (Å²) < 4.78 is 5.28. The van der Waals surface area contributed by atoms with Gasteiger partial charge in [-0.1, -0.05) is 17.3 Å². The number of hydrogen-bond donors (Lipinski definition) is 1. The van der Waals surface area contributed by atoms with Crippen molar-refractivity contribution in [3.05, 3.63) is 52.9 Å². The highest BCUT2D eigenvalue weighted by Crippen LogP contribution is 2.40. The fourth-order valence-electron chi connectivity index (χ4n) is 4.10. The summed E-state index contributed by atoms with van der Waals surface area (Å²) in [5.41, 5.74) is 2.24. The molecule has 2 aromatic rings. The zero-order valence-electron chi connectivity index (χ0n) is 17.9. The van der Waals surface area contributed by atoms with E-state index in [2.05, 4.69) is 15.4 Å². The molecule has 2 fully saturated rings. The first-order valence-corrected chi connectivity index (χ1v) is 10.7. The van der Waals surface area contributed by atoms with Gasteiger partial charge in [-0.2, -0.15) is 0 Å². The van der Waals surface area contributed by atoms with Crippen LogP contribution in [-0.4, -0.2) is 59.5 Å². The van der Waals surface area contributed by atoms with E-state index in [1.54, 1.807) is 6.07 Å². The molecule has 160 valence electrons. The van der Waals surface area contributed by atoms with E-state index in [4.69, 9.17) is 4.52 Å². The molecular formula is C23H30N4O3. The molecule has 0 unspecified atom stereocenters. The Morgan fingerprint density at radius 1 is 1.20 bits per heavy atom. The summed E-state index contributed by atoms with van der Waals surface area (Å²) in [7, 11) is 4.05. The molecule has 4 rings (SSSR count). The molecule has 1 aliphatic heterocycles.